The van der Waals surface area contributed by atoms with Crippen molar-refractivity contribution in [2.24, 2.45) is 0 Å². The molecule has 0 N–H and O–H groups in total. The van der Waals surface area contributed by atoms with Crippen LogP contribution in [0.5, 0.6) is 5.75 Å². The van der Waals surface area contributed by atoms with Crippen molar-refractivity contribution in [3.05, 3.63) is 18.5 Å². The first kappa shape index (κ1) is 26.3. The zero-order valence-corrected chi connectivity index (χ0v) is 21.2. The summed E-state index contributed by atoms with van der Waals surface area (Å²) < 4.78 is 34.5. The largest absolute Gasteiger partial charge is 0.496 e. The highest BCUT2D eigenvalue weighted by Crippen LogP contribution is 2.37. The predicted molar refractivity (Wildman–Crippen MR) is 123 cm³/mol. The van der Waals surface area contributed by atoms with Gasteiger partial charge in [-0.05, 0) is 33.8 Å². The van der Waals surface area contributed by atoms with Crippen LogP contribution >= 0.6 is 11.8 Å². The molecule has 12 heteroatoms. The second kappa shape index (κ2) is 10.1. The Balaban J connectivity index is 1.83. The number of esters is 3. The summed E-state index contributed by atoms with van der Waals surface area (Å²) >= 11 is 1.27. The maximum Gasteiger partial charge on any atom is 0.496 e. The molecule has 3 rings (SSSR count). The van der Waals surface area contributed by atoms with Crippen molar-refractivity contribution >= 4 is 42.3 Å². The van der Waals surface area contributed by atoms with Gasteiger partial charge in [0.2, 0.25) is 0 Å². The Morgan fingerprint density at radius 1 is 0.941 bits per heavy atom. The van der Waals surface area contributed by atoms with Gasteiger partial charge >= 0.3 is 25.0 Å². The minimum absolute atomic E-state index is 0.268. The molecule has 4 atom stereocenters. The van der Waals surface area contributed by atoms with Gasteiger partial charge in [-0.2, -0.15) is 0 Å². The van der Waals surface area contributed by atoms with Crippen LogP contribution in [0.25, 0.3) is 0 Å². The van der Waals surface area contributed by atoms with E-state index < -0.39 is 60.0 Å². The van der Waals surface area contributed by atoms with E-state index in [2.05, 4.69) is 4.98 Å². The molecule has 2 saturated heterocycles. The van der Waals surface area contributed by atoms with Crippen molar-refractivity contribution < 1.29 is 42.6 Å². The number of carbonyl (C=O) groups excluding carboxylic acids is 3. The minimum atomic E-state index is -1.03. The molecule has 0 aliphatic carbocycles. The van der Waals surface area contributed by atoms with Gasteiger partial charge in [-0.15, -0.1) is 11.8 Å². The monoisotopic (exact) mass is 495 g/mol. The molecule has 1 aromatic heterocycles. The van der Waals surface area contributed by atoms with E-state index in [4.69, 9.17) is 28.3 Å². The van der Waals surface area contributed by atoms with Crippen LogP contribution < -0.4 is 10.2 Å². The number of carbonyl (C=O) groups is 3. The van der Waals surface area contributed by atoms with Gasteiger partial charge in [0.25, 0.3) is 0 Å². The molecule has 34 heavy (non-hydrogen) atoms. The van der Waals surface area contributed by atoms with E-state index >= 15 is 0 Å². The number of aromatic nitrogens is 1. The number of hydrogen-bond donors (Lipinski definition) is 0. The van der Waals surface area contributed by atoms with Gasteiger partial charge in [0.15, 0.2) is 23.7 Å². The quantitative estimate of drug-likeness (QED) is 0.325. The number of rotatable bonds is 6. The molecule has 186 valence electrons. The third-order valence-corrected chi connectivity index (χ3v) is 7.03. The summed E-state index contributed by atoms with van der Waals surface area (Å²) in [6.07, 6.45) is 0.287. The zero-order valence-electron chi connectivity index (χ0n) is 20.4. The Kier molecular flexibility index (Phi) is 7.84. The average Bonchev–Trinajstić information content (AvgIpc) is 2.93. The van der Waals surface area contributed by atoms with Gasteiger partial charge in [0.05, 0.1) is 17.4 Å². The summed E-state index contributed by atoms with van der Waals surface area (Å²) in [5, 5.41) is 0. The Hall–Kier alpha value is -2.31. The lowest BCUT2D eigenvalue weighted by Gasteiger charge is -2.39. The lowest BCUT2D eigenvalue weighted by atomic mass is 9.80. The molecule has 2 aliphatic rings. The van der Waals surface area contributed by atoms with E-state index in [0.29, 0.717) is 11.2 Å². The van der Waals surface area contributed by atoms with Crippen LogP contribution in [0.4, 0.5) is 0 Å². The molecular weight excluding hydrogens is 465 g/mol. The third kappa shape index (κ3) is 6.03. The van der Waals surface area contributed by atoms with Crippen LogP contribution in [0.3, 0.4) is 0 Å². The van der Waals surface area contributed by atoms with Crippen LogP contribution in [0, 0.1) is 0 Å². The highest BCUT2D eigenvalue weighted by atomic mass is 32.2. The molecule has 10 nitrogen and oxygen atoms in total. The Labute approximate surface area is 203 Å². The molecule has 2 fully saturated rings. The Bertz CT molecular complexity index is 925. The maximum atomic E-state index is 11.8. The smallest absolute Gasteiger partial charge is 0.474 e. The summed E-state index contributed by atoms with van der Waals surface area (Å²) in [5.41, 5.74) is -1.13. The maximum absolute atomic E-state index is 11.8. The first-order chi connectivity index (χ1) is 15.8. The van der Waals surface area contributed by atoms with Crippen molar-refractivity contribution in [1.29, 1.82) is 0 Å². The molecule has 0 saturated carbocycles. The number of ether oxygens (including phenoxy) is 4. The number of pyridine rings is 1. The standard InChI is InChI=1S/C22H30BNO9S/c1-12(25)28-17-11-34-20(19(30-14(3)27)18(17)29-13(2)26)31-16-8-15(9-24-10-16)23-32-21(4,5)22(6,7)33-23/h8-10,17-20H,11H2,1-7H3/t17-,18+,19-,20-/m1/s1. The molecule has 3 heterocycles. The fourth-order valence-corrected chi connectivity index (χ4v) is 4.77. The van der Waals surface area contributed by atoms with Gasteiger partial charge < -0.3 is 28.3 Å². The van der Waals surface area contributed by atoms with E-state index in [1.807, 2.05) is 27.7 Å². The van der Waals surface area contributed by atoms with Gasteiger partial charge in [0.1, 0.15) is 5.75 Å². The fourth-order valence-electron chi connectivity index (χ4n) is 3.55. The van der Waals surface area contributed by atoms with Gasteiger partial charge in [-0.1, -0.05) is 0 Å². The van der Waals surface area contributed by atoms with Crippen molar-refractivity contribution in [2.75, 3.05) is 5.75 Å². The molecule has 0 radical (unpaired) electrons. The van der Waals surface area contributed by atoms with Crippen molar-refractivity contribution in [2.45, 2.75) is 83.4 Å². The lowest BCUT2D eigenvalue weighted by Crippen LogP contribution is -2.55. The van der Waals surface area contributed by atoms with Gasteiger partial charge in [-0.25, -0.2) is 0 Å². The topological polar surface area (TPSA) is 119 Å². The first-order valence-electron chi connectivity index (χ1n) is 10.9. The molecule has 0 amide bonds. The highest BCUT2D eigenvalue weighted by molar-refractivity contribution is 7.99. The number of hydrogen-bond acceptors (Lipinski definition) is 11. The highest BCUT2D eigenvalue weighted by Gasteiger charge is 2.52. The fraction of sp³-hybridized carbons (Fsp3) is 0.636. The zero-order chi connectivity index (χ0) is 25.3. The predicted octanol–water partition coefficient (Wildman–Crippen LogP) is 1.63. The van der Waals surface area contributed by atoms with E-state index in [1.54, 1.807) is 12.3 Å². The van der Waals surface area contributed by atoms with Crippen LogP contribution in [0.1, 0.15) is 48.5 Å². The first-order valence-corrected chi connectivity index (χ1v) is 11.9. The van der Waals surface area contributed by atoms with E-state index in [-0.39, 0.29) is 5.75 Å². The van der Waals surface area contributed by atoms with Crippen LogP contribution in [0.15, 0.2) is 18.5 Å². The van der Waals surface area contributed by atoms with Crippen LogP contribution in [0.2, 0.25) is 0 Å². The molecule has 0 spiro atoms. The van der Waals surface area contributed by atoms with E-state index in [1.165, 1.54) is 38.7 Å². The van der Waals surface area contributed by atoms with Gasteiger partial charge in [0, 0.05) is 38.2 Å². The van der Waals surface area contributed by atoms with Gasteiger partial charge in [-0.3, -0.25) is 19.4 Å². The number of nitrogens with zero attached hydrogens (tertiary/aromatic N) is 1. The SMILES string of the molecule is CC(=O)O[C@@H]1[C@@H](OC(C)=O)[C@H](OC(C)=O)CS[C@H]1Oc1cncc(B2OC(C)(C)C(C)(C)O2)c1. The summed E-state index contributed by atoms with van der Waals surface area (Å²) in [6, 6.07) is 1.74. The van der Waals surface area contributed by atoms with Crippen molar-refractivity contribution in [1.82, 2.24) is 4.98 Å². The minimum Gasteiger partial charge on any atom is -0.474 e. The normalized spacial score (nSPS) is 27.6. The summed E-state index contributed by atoms with van der Waals surface area (Å²) in [6.45, 7) is 11.5. The summed E-state index contributed by atoms with van der Waals surface area (Å²) in [5.74, 6) is -1.08. The lowest BCUT2D eigenvalue weighted by molar-refractivity contribution is -0.186. The molecule has 0 unspecified atom stereocenters. The second-order valence-electron chi connectivity index (χ2n) is 9.16. The molecular formula is C22H30BNO9S. The molecule has 2 aliphatic heterocycles. The van der Waals surface area contributed by atoms with E-state index in [0.717, 1.165) is 0 Å². The molecule has 0 aromatic carbocycles. The molecule has 0 bridgehead atoms. The average molecular weight is 495 g/mol. The van der Waals surface area contributed by atoms with Crippen LogP contribution in [-0.2, 0) is 37.9 Å². The van der Waals surface area contributed by atoms with E-state index in [9.17, 15) is 14.4 Å². The number of thioether (sulfide) groups is 1. The summed E-state index contributed by atoms with van der Waals surface area (Å²) in [4.78, 5) is 39.4. The Morgan fingerprint density at radius 3 is 2.06 bits per heavy atom. The third-order valence-electron chi connectivity index (χ3n) is 5.82. The Morgan fingerprint density at radius 2 is 1.50 bits per heavy atom. The van der Waals surface area contributed by atoms with Crippen LogP contribution in [-0.4, -0.2) is 70.7 Å². The van der Waals surface area contributed by atoms with Crippen molar-refractivity contribution in [3.63, 3.8) is 0 Å². The summed E-state index contributed by atoms with van der Waals surface area (Å²) in [7, 11) is -0.633. The van der Waals surface area contributed by atoms with Crippen molar-refractivity contribution in [3.8, 4) is 5.75 Å². The molecule has 1 aromatic rings. The second-order valence-corrected chi connectivity index (χ2v) is 10.3.